The van der Waals surface area contributed by atoms with Gasteiger partial charge in [-0.25, -0.2) is 9.97 Å². The topological polar surface area (TPSA) is 69.8 Å². The highest BCUT2D eigenvalue weighted by Gasteiger charge is 2.30. The Hall–Kier alpha value is -3.56. The first-order valence-corrected chi connectivity index (χ1v) is 10.0. The normalized spacial score (nSPS) is 15.5. The van der Waals surface area contributed by atoms with Gasteiger partial charge in [-0.15, -0.1) is 0 Å². The van der Waals surface area contributed by atoms with Crippen LogP contribution in [0.5, 0.6) is 0 Å². The summed E-state index contributed by atoms with van der Waals surface area (Å²) in [5, 5.41) is 14.4. The summed E-state index contributed by atoms with van der Waals surface area (Å²) in [6.07, 6.45) is 1.49. The van der Waals surface area contributed by atoms with Crippen LogP contribution in [-0.2, 0) is 13.6 Å². The first-order valence-electron chi connectivity index (χ1n) is 9.63. The van der Waals surface area contributed by atoms with E-state index < -0.39 is 0 Å². The van der Waals surface area contributed by atoms with Gasteiger partial charge in [-0.2, -0.15) is 5.26 Å². The van der Waals surface area contributed by atoms with Crippen LogP contribution < -0.4 is 10.2 Å². The largest absolute Gasteiger partial charge is 0.369 e. The number of hydrogen-bond donors (Lipinski definition) is 1. The van der Waals surface area contributed by atoms with Crippen LogP contribution >= 0.6 is 11.6 Å². The Labute approximate surface area is 179 Å². The molecule has 6 nitrogen and oxygen atoms in total. The van der Waals surface area contributed by atoms with E-state index in [1.54, 1.807) is 0 Å². The van der Waals surface area contributed by atoms with Gasteiger partial charge in [0.1, 0.15) is 12.0 Å². The Morgan fingerprint density at radius 3 is 2.63 bits per heavy atom. The highest BCUT2D eigenvalue weighted by molar-refractivity contribution is 6.32. The van der Waals surface area contributed by atoms with Gasteiger partial charge >= 0.3 is 0 Å². The van der Waals surface area contributed by atoms with Crippen molar-refractivity contribution in [1.29, 1.82) is 5.26 Å². The van der Waals surface area contributed by atoms with Crippen LogP contribution in [0.4, 0.5) is 11.5 Å². The van der Waals surface area contributed by atoms with Crippen LogP contribution in [0.15, 0.2) is 54.9 Å². The molecular formula is C23H19ClN6. The number of aryl methyl sites for hydroxylation is 1. The van der Waals surface area contributed by atoms with E-state index >= 15 is 0 Å². The van der Waals surface area contributed by atoms with Crippen molar-refractivity contribution in [2.75, 3.05) is 17.3 Å². The lowest BCUT2D eigenvalue weighted by molar-refractivity contribution is 0.758. The van der Waals surface area contributed by atoms with Gasteiger partial charge in [0.25, 0.3) is 0 Å². The first-order chi connectivity index (χ1) is 14.6. The maximum Gasteiger partial charge on any atom is 0.157 e. The van der Waals surface area contributed by atoms with Gasteiger partial charge in [-0.05, 0) is 23.8 Å². The molecule has 4 aromatic rings. The molecule has 1 atom stereocenters. The Kier molecular flexibility index (Phi) is 4.34. The average molecular weight is 415 g/mol. The van der Waals surface area contributed by atoms with E-state index in [2.05, 4.69) is 62.1 Å². The summed E-state index contributed by atoms with van der Waals surface area (Å²) in [6, 6.07) is 18.1. The third-order valence-electron chi connectivity index (χ3n) is 5.75. The minimum absolute atomic E-state index is 0.171. The predicted molar refractivity (Wildman–Crippen MR) is 119 cm³/mol. The van der Waals surface area contributed by atoms with Gasteiger partial charge in [0.05, 0.1) is 24.2 Å². The number of halogens is 1. The Balaban J connectivity index is 1.80. The minimum atomic E-state index is -0.171. The van der Waals surface area contributed by atoms with E-state index in [0.717, 1.165) is 11.4 Å². The monoisotopic (exact) mass is 414 g/mol. The third kappa shape index (κ3) is 2.78. The van der Waals surface area contributed by atoms with Crippen molar-refractivity contribution in [1.82, 2.24) is 14.5 Å². The maximum atomic E-state index is 9.21. The summed E-state index contributed by atoms with van der Waals surface area (Å²) in [5.74, 6) is 0.754. The highest BCUT2D eigenvalue weighted by Crippen LogP contribution is 2.42. The van der Waals surface area contributed by atoms with Crippen LogP contribution in [0.25, 0.3) is 10.9 Å². The molecule has 1 aliphatic heterocycles. The molecular weight excluding hydrogens is 396 g/mol. The fourth-order valence-electron chi connectivity index (χ4n) is 4.27. The molecule has 1 aliphatic rings. The molecule has 7 heteroatoms. The molecule has 148 valence electrons. The van der Waals surface area contributed by atoms with Gasteiger partial charge in [-0.1, -0.05) is 41.9 Å². The zero-order valence-corrected chi connectivity index (χ0v) is 17.4. The second-order valence-electron chi connectivity index (χ2n) is 7.47. The third-order valence-corrected chi connectivity index (χ3v) is 6.04. The van der Waals surface area contributed by atoms with Crippen molar-refractivity contribution in [3.05, 3.63) is 82.4 Å². The van der Waals surface area contributed by atoms with E-state index in [0.29, 0.717) is 22.9 Å². The second-order valence-corrected chi connectivity index (χ2v) is 7.82. The summed E-state index contributed by atoms with van der Waals surface area (Å²) in [7, 11) is 4.10. The van der Waals surface area contributed by atoms with Gasteiger partial charge in [-0.3, -0.25) is 0 Å². The van der Waals surface area contributed by atoms with E-state index in [1.165, 1.54) is 28.5 Å². The lowest BCUT2D eigenvalue weighted by atomic mass is 9.94. The molecule has 0 saturated carbocycles. The molecule has 0 spiro atoms. The molecule has 2 aromatic heterocycles. The van der Waals surface area contributed by atoms with Gasteiger partial charge in [0.15, 0.2) is 11.0 Å². The Morgan fingerprint density at radius 1 is 1.10 bits per heavy atom. The predicted octanol–water partition coefficient (Wildman–Crippen LogP) is 4.64. The van der Waals surface area contributed by atoms with Crippen LogP contribution in [0.2, 0.25) is 5.15 Å². The molecule has 0 aliphatic carbocycles. The number of para-hydroxylation sites is 1. The van der Waals surface area contributed by atoms with Crippen molar-refractivity contribution in [3.63, 3.8) is 0 Å². The number of rotatable bonds is 1. The van der Waals surface area contributed by atoms with E-state index in [9.17, 15) is 5.26 Å². The van der Waals surface area contributed by atoms with E-state index in [1.807, 2.05) is 31.3 Å². The molecule has 0 bridgehead atoms. The minimum Gasteiger partial charge on any atom is -0.369 e. The quantitative estimate of drug-likeness (QED) is 0.459. The zero-order chi connectivity index (χ0) is 20.8. The molecule has 0 radical (unpaired) electrons. The molecule has 0 saturated heterocycles. The van der Waals surface area contributed by atoms with Crippen LogP contribution in [0.3, 0.4) is 0 Å². The molecule has 1 unspecified atom stereocenters. The number of benzene rings is 2. The summed E-state index contributed by atoms with van der Waals surface area (Å²) in [6.45, 7) is 0.676. The SMILES string of the molecule is CN1Cc2c(c3ccccc3n2C)C(c2ccc(C#N)cc2)Nc2c(Cl)ncnc21. The standard InChI is InChI=1S/C23H19ClN6/c1-29-12-18-19(16-5-3-4-6-17(16)30(18)2)20(15-9-7-14(11-25)8-10-15)28-21-22(24)26-13-27-23(21)29/h3-10,13,20,28H,12H2,1-2H3. The van der Waals surface area contributed by atoms with Gasteiger partial charge in [0, 0.05) is 36.3 Å². The maximum absolute atomic E-state index is 9.21. The summed E-state index contributed by atoms with van der Waals surface area (Å²) >= 11 is 6.50. The highest BCUT2D eigenvalue weighted by atomic mass is 35.5. The van der Waals surface area contributed by atoms with Crippen LogP contribution in [0.1, 0.15) is 28.4 Å². The first kappa shape index (κ1) is 18.5. The van der Waals surface area contributed by atoms with Crippen molar-refractivity contribution in [2.45, 2.75) is 12.6 Å². The van der Waals surface area contributed by atoms with Crippen molar-refractivity contribution < 1.29 is 0 Å². The number of anilines is 2. The van der Waals surface area contributed by atoms with Crippen molar-refractivity contribution in [2.24, 2.45) is 7.05 Å². The van der Waals surface area contributed by atoms with E-state index in [4.69, 9.17) is 11.6 Å². The van der Waals surface area contributed by atoms with Crippen LogP contribution in [0, 0.1) is 11.3 Å². The molecule has 0 amide bonds. The lowest BCUT2D eigenvalue weighted by Gasteiger charge is -2.30. The van der Waals surface area contributed by atoms with Gasteiger partial charge in [0.2, 0.25) is 0 Å². The molecule has 5 rings (SSSR count). The summed E-state index contributed by atoms with van der Waals surface area (Å²) < 4.78 is 2.24. The second kappa shape index (κ2) is 7.05. The van der Waals surface area contributed by atoms with Crippen molar-refractivity contribution >= 4 is 34.0 Å². The van der Waals surface area contributed by atoms with E-state index in [-0.39, 0.29) is 6.04 Å². The molecule has 0 fully saturated rings. The number of hydrogen-bond acceptors (Lipinski definition) is 5. The number of nitrogens with zero attached hydrogens (tertiary/aromatic N) is 5. The van der Waals surface area contributed by atoms with Crippen LogP contribution in [-0.4, -0.2) is 21.6 Å². The van der Waals surface area contributed by atoms with Gasteiger partial charge < -0.3 is 14.8 Å². The lowest BCUT2D eigenvalue weighted by Crippen LogP contribution is -2.27. The number of aromatic nitrogens is 3. The van der Waals surface area contributed by atoms with Crippen molar-refractivity contribution in [3.8, 4) is 6.07 Å². The molecule has 2 aromatic carbocycles. The fraction of sp³-hybridized carbons (Fsp3) is 0.174. The Bertz CT molecular complexity index is 1300. The molecule has 3 heterocycles. The Morgan fingerprint density at radius 2 is 1.87 bits per heavy atom. The molecule has 30 heavy (non-hydrogen) atoms. The number of fused-ring (bicyclic) bond motifs is 4. The summed E-state index contributed by atoms with van der Waals surface area (Å²) in [5.41, 5.74) is 5.93. The zero-order valence-electron chi connectivity index (χ0n) is 16.6. The number of nitriles is 1. The molecule has 1 N–H and O–H groups in total. The average Bonchev–Trinajstić information content (AvgIpc) is 3.03. The summed E-state index contributed by atoms with van der Waals surface area (Å²) in [4.78, 5) is 10.8. The fourth-order valence-corrected chi connectivity index (χ4v) is 4.46. The number of nitrogens with one attached hydrogen (secondary N) is 1. The smallest absolute Gasteiger partial charge is 0.157 e.